The van der Waals surface area contributed by atoms with Gasteiger partial charge in [0.1, 0.15) is 17.9 Å². The molecule has 0 radical (unpaired) electrons. The van der Waals surface area contributed by atoms with E-state index >= 15 is 0 Å². The Bertz CT molecular complexity index is 750. The first-order valence-corrected chi connectivity index (χ1v) is 10.8. The predicted octanol–water partition coefficient (Wildman–Crippen LogP) is 2.64. The number of aromatic amines is 1. The number of primary amides is 1. The van der Waals surface area contributed by atoms with E-state index in [4.69, 9.17) is 20.6 Å². The van der Waals surface area contributed by atoms with E-state index in [1.165, 1.54) is 0 Å². The molecule has 8 heteroatoms. The van der Waals surface area contributed by atoms with Crippen LogP contribution in [0.1, 0.15) is 31.1 Å². The number of nitrogens with zero attached hydrogens (tertiary/aromatic N) is 1. The van der Waals surface area contributed by atoms with Crippen LogP contribution in [0.15, 0.2) is 12.1 Å². The number of carbonyl (C=O) groups excluding carboxylic acids is 1. The number of nitrogens with one attached hydrogen (secondary N) is 1. The third-order valence-corrected chi connectivity index (χ3v) is 9.00. The molecule has 0 fully saturated rings. The van der Waals surface area contributed by atoms with E-state index in [1.807, 2.05) is 0 Å². The lowest BCUT2D eigenvalue weighted by molar-refractivity contribution is 0.1000. The molecule has 0 unspecified atom stereocenters. The van der Waals surface area contributed by atoms with Gasteiger partial charge in [-0.2, -0.15) is 0 Å². The zero-order valence-corrected chi connectivity index (χ0v) is 15.9. The van der Waals surface area contributed by atoms with Crippen LogP contribution in [-0.4, -0.2) is 37.4 Å². The topological polar surface area (TPSA) is 116 Å². The van der Waals surface area contributed by atoms with Gasteiger partial charge < -0.3 is 25.6 Å². The minimum Gasteiger partial charge on any atom is -0.489 e. The van der Waals surface area contributed by atoms with Gasteiger partial charge in [0, 0.05) is 5.56 Å². The summed E-state index contributed by atoms with van der Waals surface area (Å²) in [6, 6.07) is 3.19. The lowest BCUT2D eigenvalue weighted by Gasteiger charge is -2.36. The van der Waals surface area contributed by atoms with E-state index in [-0.39, 0.29) is 11.0 Å². The second-order valence-electron chi connectivity index (χ2n) is 7.31. The number of nitrogens with two attached hydrogens (primary N) is 2. The first-order chi connectivity index (χ1) is 11.0. The smallest absolute Gasteiger partial charge is 0.248 e. The quantitative estimate of drug-likeness (QED) is 0.547. The molecule has 0 aliphatic carbocycles. The second-order valence-corrected chi connectivity index (χ2v) is 12.1. The molecule has 132 valence electrons. The second kappa shape index (κ2) is 6.44. The molecule has 0 saturated carbocycles. The fourth-order valence-corrected chi connectivity index (χ4v) is 3.05. The first-order valence-electron chi connectivity index (χ1n) is 7.87. The summed E-state index contributed by atoms with van der Waals surface area (Å²) in [7, 11) is -1.82. The fraction of sp³-hybridized carbons (Fsp3) is 0.500. The third kappa shape index (κ3) is 3.88. The number of ether oxygens (including phenoxy) is 1. The molecule has 0 aliphatic rings. The summed E-state index contributed by atoms with van der Waals surface area (Å²) in [5.41, 5.74) is 12.6. The minimum absolute atomic E-state index is 0.142. The van der Waals surface area contributed by atoms with Gasteiger partial charge in [-0.15, -0.1) is 0 Å². The van der Waals surface area contributed by atoms with Crippen molar-refractivity contribution in [3.8, 4) is 5.75 Å². The largest absolute Gasteiger partial charge is 0.489 e. The maximum Gasteiger partial charge on any atom is 0.248 e. The number of nitrogen functional groups attached to an aromatic ring is 1. The Morgan fingerprint density at radius 1 is 1.29 bits per heavy atom. The van der Waals surface area contributed by atoms with Crippen LogP contribution in [0.25, 0.3) is 11.0 Å². The van der Waals surface area contributed by atoms with Crippen molar-refractivity contribution in [2.75, 3.05) is 18.9 Å². The summed E-state index contributed by atoms with van der Waals surface area (Å²) >= 11 is 0. The van der Waals surface area contributed by atoms with Crippen molar-refractivity contribution >= 4 is 31.2 Å². The normalized spacial score (nSPS) is 12.5. The molecule has 24 heavy (non-hydrogen) atoms. The number of rotatable bonds is 6. The number of fused-ring (bicyclic) bond motifs is 1. The molecule has 0 aliphatic heterocycles. The van der Waals surface area contributed by atoms with Crippen LogP contribution in [0, 0.1) is 0 Å². The van der Waals surface area contributed by atoms with Crippen LogP contribution >= 0.6 is 0 Å². The number of hydrogen-bond acceptors (Lipinski definition) is 5. The summed E-state index contributed by atoms with van der Waals surface area (Å²) < 4.78 is 11.9. The van der Waals surface area contributed by atoms with Crippen molar-refractivity contribution < 1.29 is 14.0 Å². The molecular weight excluding hydrogens is 324 g/mol. The highest BCUT2D eigenvalue weighted by Gasteiger charge is 2.36. The Labute approximate surface area is 142 Å². The van der Waals surface area contributed by atoms with Crippen molar-refractivity contribution in [3.63, 3.8) is 0 Å². The average molecular weight is 350 g/mol. The number of imidazole rings is 1. The lowest BCUT2D eigenvalue weighted by atomic mass is 10.2. The molecule has 1 aromatic carbocycles. The fourth-order valence-electron chi connectivity index (χ4n) is 2.02. The summed E-state index contributed by atoms with van der Waals surface area (Å²) in [5, 5.41) is 0.142. The lowest BCUT2D eigenvalue weighted by Crippen LogP contribution is -2.41. The number of anilines is 1. The zero-order chi connectivity index (χ0) is 18.1. The van der Waals surface area contributed by atoms with Crippen LogP contribution in [-0.2, 0) is 4.43 Å². The third-order valence-electron chi connectivity index (χ3n) is 4.46. The average Bonchev–Trinajstić information content (AvgIpc) is 2.82. The van der Waals surface area contributed by atoms with Gasteiger partial charge in [0.05, 0.1) is 12.1 Å². The molecule has 1 aromatic heterocycles. The van der Waals surface area contributed by atoms with Gasteiger partial charge >= 0.3 is 0 Å². The SMILES string of the molecule is CC(C)(C)[Si](C)(C)OCCOc1cc(C(N)=O)cc2[nH]c(N)nc12. The molecule has 0 bridgehead atoms. The number of benzene rings is 1. The van der Waals surface area contributed by atoms with Crippen LogP contribution < -0.4 is 16.2 Å². The molecule has 2 rings (SSSR count). The molecule has 1 heterocycles. The van der Waals surface area contributed by atoms with Gasteiger partial charge in [0.2, 0.25) is 5.91 Å². The minimum atomic E-state index is -1.82. The Morgan fingerprint density at radius 3 is 2.54 bits per heavy atom. The van der Waals surface area contributed by atoms with Crippen LogP contribution in [0.2, 0.25) is 18.1 Å². The zero-order valence-electron chi connectivity index (χ0n) is 14.9. The molecule has 0 saturated heterocycles. The monoisotopic (exact) mass is 350 g/mol. The molecule has 7 nitrogen and oxygen atoms in total. The van der Waals surface area contributed by atoms with Gasteiger partial charge in [0.15, 0.2) is 14.3 Å². The standard InChI is InChI=1S/C16H26N4O3Si/c1-16(2,3)24(4,5)23-7-6-22-12-9-10(14(17)21)8-11-13(12)20-15(18)19-11/h8-9H,6-7H2,1-5H3,(H2,17,21)(H3,18,19,20). The van der Waals surface area contributed by atoms with E-state index in [1.54, 1.807) is 12.1 Å². The molecule has 2 aromatic rings. The van der Waals surface area contributed by atoms with Crippen molar-refractivity contribution in [1.82, 2.24) is 9.97 Å². The number of carbonyl (C=O) groups is 1. The van der Waals surface area contributed by atoms with Gasteiger partial charge in [-0.25, -0.2) is 4.98 Å². The summed E-state index contributed by atoms with van der Waals surface area (Å²) in [6.07, 6.45) is 0. The van der Waals surface area contributed by atoms with E-state index in [9.17, 15) is 4.79 Å². The van der Waals surface area contributed by atoms with Crippen molar-refractivity contribution in [3.05, 3.63) is 17.7 Å². The van der Waals surface area contributed by atoms with Gasteiger partial charge in [-0.1, -0.05) is 20.8 Å². The Balaban J connectivity index is 2.11. The van der Waals surface area contributed by atoms with E-state index in [2.05, 4.69) is 43.8 Å². The maximum atomic E-state index is 11.5. The van der Waals surface area contributed by atoms with Gasteiger partial charge in [-0.05, 0) is 30.3 Å². The Kier molecular flexibility index (Phi) is 4.91. The highest BCUT2D eigenvalue weighted by molar-refractivity contribution is 6.74. The summed E-state index contributed by atoms with van der Waals surface area (Å²) in [6.45, 7) is 11.8. The maximum absolute atomic E-state index is 11.5. The molecule has 5 N–H and O–H groups in total. The molecule has 1 amide bonds. The van der Waals surface area contributed by atoms with Crippen molar-refractivity contribution in [2.24, 2.45) is 5.73 Å². The van der Waals surface area contributed by atoms with Gasteiger partial charge in [0.25, 0.3) is 0 Å². The number of amides is 1. The van der Waals surface area contributed by atoms with E-state index in [0.29, 0.717) is 35.6 Å². The van der Waals surface area contributed by atoms with E-state index in [0.717, 1.165) is 0 Å². The first kappa shape index (κ1) is 18.3. The number of aromatic nitrogens is 2. The summed E-state index contributed by atoms with van der Waals surface area (Å²) in [5.74, 6) is 0.189. The number of H-pyrrole nitrogens is 1. The van der Waals surface area contributed by atoms with Crippen LogP contribution in [0.3, 0.4) is 0 Å². The molecule has 0 atom stereocenters. The van der Waals surface area contributed by atoms with Gasteiger partial charge in [-0.3, -0.25) is 4.79 Å². The number of hydrogen-bond donors (Lipinski definition) is 3. The highest BCUT2D eigenvalue weighted by atomic mass is 28.4. The summed E-state index contributed by atoms with van der Waals surface area (Å²) in [4.78, 5) is 18.5. The Morgan fingerprint density at radius 2 is 1.96 bits per heavy atom. The van der Waals surface area contributed by atoms with Crippen molar-refractivity contribution in [1.29, 1.82) is 0 Å². The van der Waals surface area contributed by atoms with Crippen LogP contribution in [0.5, 0.6) is 5.75 Å². The predicted molar refractivity (Wildman–Crippen MR) is 97.7 cm³/mol. The molecule has 0 spiro atoms. The van der Waals surface area contributed by atoms with Crippen molar-refractivity contribution in [2.45, 2.75) is 38.9 Å². The molecular formula is C16H26N4O3Si. The van der Waals surface area contributed by atoms with E-state index < -0.39 is 14.2 Å². The Hall–Kier alpha value is -2.06. The highest BCUT2D eigenvalue weighted by Crippen LogP contribution is 2.36. The van der Waals surface area contributed by atoms with Crippen LogP contribution in [0.4, 0.5) is 5.95 Å².